The molecule has 0 atom stereocenters. The van der Waals surface area contributed by atoms with Gasteiger partial charge in [0.05, 0.1) is 6.54 Å². The van der Waals surface area contributed by atoms with Gasteiger partial charge in [0, 0.05) is 29.5 Å². The van der Waals surface area contributed by atoms with Gasteiger partial charge in [0.15, 0.2) is 17.3 Å². The first-order valence-corrected chi connectivity index (χ1v) is 11.1. The van der Waals surface area contributed by atoms with Crippen molar-refractivity contribution < 1.29 is 28.7 Å². The van der Waals surface area contributed by atoms with Gasteiger partial charge in [-0.05, 0) is 50.5 Å². The number of imide groups is 2. The lowest BCUT2D eigenvalue weighted by molar-refractivity contribution is -0.143. The number of urea groups is 1. The SMILES string of the molecule is Cc1cc(C(=O)CN2C(=O)C(=O)N(C3CCCC3)C2=O)c(C)n1Cc1ccc2c(c1)OCO2. The summed E-state index contributed by atoms with van der Waals surface area (Å²) in [5.74, 6) is -0.726. The average Bonchev–Trinajstić information content (AvgIpc) is 3.57. The number of ether oxygens (including phenoxy) is 2. The maximum absolute atomic E-state index is 13.1. The lowest BCUT2D eigenvalue weighted by atomic mass is 10.1. The Labute approximate surface area is 190 Å². The van der Waals surface area contributed by atoms with E-state index < -0.39 is 24.4 Å². The van der Waals surface area contributed by atoms with Gasteiger partial charge in [0.2, 0.25) is 6.79 Å². The fourth-order valence-electron chi connectivity index (χ4n) is 4.92. The molecule has 1 aromatic carbocycles. The van der Waals surface area contributed by atoms with E-state index in [1.165, 1.54) is 0 Å². The van der Waals surface area contributed by atoms with Crippen molar-refractivity contribution in [2.45, 2.75) is 52.1 Å². The summed E-state index contributed by atoms with van der Waals surface area (Å²) in [7, 11) is 0. The van der Waals surface area contributed by atoms with Crippen LogP contribution in [0.5, 0.6) is 11.5 Å². The summed E-state index contributed by atoms with van der Waals surface area (Å²) in [6, 6.07) is 6.54. The number of benzene rings is 1. The van der Waals surface area contributed by atoms with E-state index in [1.807, 2.05) is 36.6 Å². The van der Waals surface area contributed by atoms with Crippen LogP contribution < -0.4 is 9.47 Å². The highest BCUT2D eigenvalue weighted by Crippen LogP contribution is 2.33. The van der Waals surface area contributed by atoms with Gasteiger partial charge in [-0.1, -0.05) is 18.9 Å². The fraction of sp³-hybridized carbons (Fsp3) is 0.417. The summed E-state index contributed by atoms with van der Waals surface area (Å²) in [6.07, 6.45) is 3.25. The molecule has 3 heterocycles. The van der Waals surface area contributed by atoms with E-state index in [-0.39, 0.29) is 18.6 Å². The largest absolute Gasteiger partial charge is 0.454 e. The molecule has 0 bridgehead atoms. The second-order valence-corrected chi connectivity index (χ2v) is 8.77. The van der Waals surface area contributed by atoms with Gasteiger partial charge >= 0.3 is 17.8 Å². The molecule has 0 N–H and O–H groups in total. The van der Waals surface area contributed by atoms with Crippen molar-refractivity contribution >= 4 is 23.6 Å². The zero-order valence-corrected chi connectivity index (χ0v) is 18.6. The maximum atomic E-state index is 13.1. The number of aromatic nitrogens is 1. The Hall–Kier alpha value is -3.62. The third kappa shape index (κ3) is 3.57. The Morgan fingerprint density at radius 1 is 1.00 bits per heavy atom. The number of ketones is 1. The first-order valence-electron chi connectivity index (χ1n) is 11.1. The molecule has 5 rings (SSSR count). The second-order valence-electron chi connectivity index (χ2n) is 8.77. The van der Waals surface area contributed by atoms with E-state index in [0.717, 1.165) is 39.6 Å². The second kappa shape index (κ2) is 8.06. The van der Waals surface area contributed by atoms with Crippen molar-refractivity contribution in [3.05, 3.63) is 46.8 Å². The zero-order chi connectivity index (χ0) is 23.3. The molecule has 1 aliphatic carbocycles. The molecule has 1 saturated carbocycles. The van der Waals surface area contributed by atoms with Gasteiger partial charge in [-0.3, -0.25) is 19.3 Å². The van der Waals surface area contributed by atoms with Crippen molar-refractivity contribution in [1.82, 2.24) is 14.4 Å². The van der Waals surface area contributed by atoms with Crippen LogP contribution in [-0.2, 0) is 16.1 Å². The summed E-state index contributed by atoms with van der Waals surface area (Å²) in [4.78, 5) is 52.6. The molecule has 33 heavy (non-hydrogen) atoms. The predicted molar refractivity (Wildman–Crippen MR) is 116 cm³/mol. The van der Waals surface area contributed by atoms with E-state index in [1.54, 1.807) is 6.07 Å². The first-order chi connectivity index (χ1) is 15.8. The Balaban J connectivity index is 1.34. The molecule has 0 radical (unpaired) electrons. The minimum atomic E-state index is -0.922. The van der Waals surface area contributed by atoms with Crippen molar-refractivity contribution in [1.29, 1.82) is 0 Å². The van der Waals surface area contributed by atoms with E-state index in [4.69, 9.17) is 9.47 Å². The van der Waals surface area contributed by atoms with Crippen LogP contribution in [0.1, 0.15) is 53.0 Å². The van der Waals surface area contributed by atoms with Crippen LogP contribution in [0.25, 0.3) is 0 Å². The minimum Gasteiger partial charge on any atom is -0.454 e. The molecule has 0 spiro atoms. The monoisotopic (exact) mass is 451 g/mol. The standard InChI is InChI=1S/C24H25N3O6/c1-14-9-18(15(2)25(14)11-16-7-8-20-21(10-16)33-13-32-20)19(28)12-26-22(29)23(30)27(24(26)31)17-5-3-4-6-17/h7-10,17H,3-6,11-13H2,1-2H3. The highest BCUT2D eigenvalue weighted by molar-refractivity contribution is 6.45. The number of Topliss-reactive ketones (excluding diaryl/α,β-unsaturated/α-hetero) is 1. The molecular weight excluding hydrogens is 426 g/mol. The number of rotatable bonds is 6. The van der Waals surface area contributed by atoms with Crippen LogP contribution in [0.3, 0.4) is 0 Å². The van der Waals surface area contributed by atoms with Gasteiger partial charge in [0.25, 0.3) is 0 Å². The highest BCUT2D eigenvalue weighted by atomic mass is 16.7. The zero-order valence-electron chi connectivity index (χ0n) is 18.6. The van der Waals surface area contributed by atoms with Crippen LogP contribution in [-0.4, -0.2) is 57.4 Å². The summed E-state index contributed by atoms with van der Waals surface area (Å²) in [5.41, 5.74) is 3.02. The van der Waals surface area contributed by atoms with E-state index in [2.05, 4.69) is 0 Å². The van der Waals surface area contributed by atoms with E-state index in [0.29, 0.717) is 36.4 Å². The molecule has 2 fully saturated rings. The van der Waals surface area contributed by atoms with Gasteiger partial charge in [0.1, 0.15) is 0 Å². The van der Waals surface area contributed by atoms with Crippen LogP contribution in [0, 0.1) is 13.8 Å². The molecule has 172 valence electrons. The van der Waals surface area contributed by atoms with Crippen LogP contribution >= 0.6 is 0 Å². The number of hydrogen-bond acceptors (Lipinski definition) is 6. The molecule has 4 amide bonds. The first kappa shape index (κ1) is 21.2. The number of carbonyl (C=O) groups is 4. The molecule has 1 aromatic heterocycles. The van der Waals surface area contributed by atoms with Crippen LogP contribution in [0.2, 0.25) is 0 Å². The normalized spacial score (nSPS) is 18.2. The van der Waals surface area contributed by atoms with Crippen molar-refractivity contribution in [3.8, 4) is 11.5 Å². The fourth-order valence-corrected chi connectivity index (χ4v) is 4.92. The average molecular weight is 451 g/mol. The third-order valence-electron chi connectivity index (χ3n) is 6.73. The Bertz CT molecular complexity index is 1180. The highest BCUT2D eigenvalue weighted by Gasteiger charge is 2.48. The number of carbonyl (C=O) groups excluding carboxylic acids is 4. The van der Waals surface area contributed by atoms with Gasteiger partial charge in [-0.2, -0.15) is 0 Å². The van der Waals surface area contributed by atoms with Crippen LogP contribution in [0.4, 0.5) is 4.79 Å². The van der Waals surface area contributed by atoms with Crippen molar-refractivity contribution in [2.75, 3.05) is 13.3 Å². The summed E-state index contributed by atoms with van der Waals surface area (Å²) >= 11 is 0. The summed E-state index contributed by atoms with van der Waals surface area (Å²) in [5, 5.41) is 0. The van der Waals surface area contributed by atoms with Gasteiger partial charge < -0.3 is 14.0 Å². The number of hydrogen-bond donors (Lipinski definition) is 0. The summed E-state index contributed by atoms with van der Waals surface area (Å²) in [6.45, 7) is 4.01. The smallest absolute Gasteiger partial charge is 0.334 e. The van der Waals surface area contributed by atoms with Crippen LogP contribution in [0.15, 0.2) is 24.3 Å². The maximum Gasteiger partial charge on any atom is 0.334 e. The summed E-state index contributed by atoms with van der Waals surface area (Å²) < 4.78 is 12.8. The number of aryl methyl sites for hydroxylation is 1. The molecule has 2 aromatic rings. The molecule has 9 heteroatoms. The molecule has 0 unspecified atom stereocenters. The Kier molecular flexibility index (Phi) is 5.19. The van der Waals surface area contributed by atoms with E-state index >= 15 is 0 Å². The third-order valence-corrected chi connectivity index (χ3v) is 6.73. The Morgan fingerprint density at radius 3 is 2.48 bits per heavy atom. The lowest BCUT2D eigenvalue weighted by Gasteiger charge is -2.20. The van der Waals surface area contributed by atoms with Gasteiger partial charge in [-0.15, -0.1) is 0 Å². The predicted octanol–water partition coefficient (Wildman–Crippen LogP) is 2.80. The number of fused-ring (bicyclic) bond motifs is 1. The van der Waals surface area contributed by atoms with E-state index in [9.17, 15) is 19.2 Å². The number of amides is 4. The molecule has 9 nitrogen and oxygen atoms in total. The molecule has 1 saturated heterocycles. The van der Waals surface area contributed by atoms with Crippen molar-refractivity contribution in [2.24, 2.45) is 0 Å². The molecular formula is C24H25N3O6. The lowest BCUT2D eigenvalue weighted by Crippen LogP contribution is -2.41. The quantitative estimate of drug-likeness (QED) is 0.381. The van der Waals surface area contributed by atoms with Gasteiger partial charge in [-0.25, -0.2) is 9.69 Å². The Morgan fingerprint density at radius 2 is 1.73 bits per heavy atom. The van der Waals surface area contributed by atoms with Crippen molar-refractivity contribution in [3.63, 3.8) is 0 Å². The molecule has 3 aliphatic rings. The topological polar surface area (TPSA) is 98.2 Å². The minimum absolute atomic E-state index is 0.202. The molecule has 2 aliphatic heterocycles. The number of nitrogens with zero attached hydrogens (tertiary/aromatic N) is 3.